The molecule has 0 aliphatic heterocycles. The van der Waals surface area contributed by atoms with Crippen LogP contribution in [0.5, 0.6) is 11.5 Å². The lowest BCUT2D eigenvalue weighted by Gasteiger charge is -2.48. The van der Waals surface area contributed by atoms with Crippen molar-refractivity contribution in [1.29, 1.82) is 0 Å². The number of amides is 2. The number of hydrogen-bond donors (Lipinski definition) is 2. The molecule has 2 aromatic carbocycles. The number of nitrogens with zero attached hydrogens (tertiary/aromatic N) is 2. The first-order valence-corrected chi connectivity index (χ1v) is 18.7. The Morgan fingerprint density at radius 3 is 1.20 bits per heavy atom. The number of rotatable bonds is 16. The number of benzene rings is 2. The maximum absolute atomic E-state index is 14.0. The van der Waals surface area contributed by atoms with E-state index in [9.17, 15) is 29.4 Å². The van der Waals surface area contributed by atoms with E-state index in [-0.39, 0.29) is 25.3 Å². The molecule has 0 aromatic heterocycles. The highest BCUT2D eigenvalue weighted by Crippen LogP contribution is 2.49. The highest BCUT2D eigenvalue weighted by atomic mass is 16.5. The summed E-state index contributed by atoms with van der Waals surface area (Å²) in [4.78, 5) is 56.6. The number of carbonyl (C=O) groups is 4. The number of aliphatic carboxylic acids is 2. The number of carboxylic acid groups (broad SMARTS) is 2. The van der Waals surface area contributed by atoms with E-state index in [2.05, 4.69) is 0 Å². The lowest BCUT2D eigenvalue weighted by molar-refractivity contribution is -0.187. The van der Waals surface area contributed by atoms with Crippen LogP contribution in [0, 0.1) is 23.7 Å². The average molecular weight is 691 g/mol. The van der Waals surface area contributed by atoms with Gasteiger partial charge in [0.1, 0.15) is 11.5 Å². The third-order valence-corrected chi connectivity index (χ3v) is 10.6. The van der Waals surface area contributed by atoms with Gasteiger partial charge in [-0.1, -0.05) is 51.0 Å². The van der Waals surface area contributed by atoms with Gasteiger partial charge in [-0.15, -0.1) is 0 Å². The topological polar surface area (TPSA) is 134 Å². The molecule has 2 aromatic rings. The van der Waals surface area contributed by atoms with E-state index in [1.165, 1.54) is 48.3 Å². The number of hydrogen-bond acceptors (Lipinski definition) is 6. The standard InChI is InChI=1S/C40H54N2O8/c1-3-23-41(25-27-15-19-31(20-16-27)49-29-11-7-5-8-12-29)37(43)33-35(39(45)46)34(36(33)40(47)48)38(44)42(24-4-2)26-28-17-21-32(22-18-28)50-30-13-9-6-10-14-30/h15-22,29-30,33-36H,3-14,23-26H2,1-2H3,(H,45,46)(H,47,48). The van der Waals surface area contributed by atoms with Crippen LogP contribution in [0.15, 0.2) is 48.5 Å². The zero-order chi connectivity index (χ0) is 35.6. The molecule has 0 saturated heterocycles. The van der Waals surface area contributed by atoms with Crippen LogP contribution in [0.4, 0.5) is 0 Å². The second kappa shape index (κ2) is 17.7. The van der Waals surface area contributed by atoms with E-state index in [1.54, 1.807) is 0 Å². The van der Waals surface area contributed by atoms with Gasteiger partial charge in [0.25, 0.3) is 0 Å². The maximum atomic E-state index is 14.0. The monoisotopic (exact) mass is 690 g/mol. The number of ether oxygens (including phenoxy) is 2. The van der Waals surface area contributed by atoms with E-state index in [0.29, 0.717) is 25.9 Å². The zero-order valence-corrected chi connectivity index (χ0v) is 29.6. The summed E-state index contributed by atoms with van der Waals surface area (Å²) in [5, 5.41) is 20.7. The summed E-state index contributed by atoms with van der Waals surface area (Å²) in [6, 6.07) is 15.1. The third-order valence-electron chi connectivity index (χ3n) is 10.6. The molecule has 10 nitrogen and oxygen atoms in total. The Bertz CT molecular complexity index is 1310. The molecule has 3 fully saturated rings. The van der Waals surface area contributed by atoms with Crippen LogP contribution in [0.1, 0.15) is 102 Å². The maximum Gasteiger partial charge on any atom is 0.308 e. The van der Waals surface area contributed by atoms with Gasteiger partial charge in [-0.2, -0.15) is 0 Å². The van der Waals surface area contributed by atoms with Crippen LogP contribution < -0.4 is 9.47 Å². The molecule has 2 N–H and O–H groups in total. The van der Waals surface area contributed by atoms with Gasteiger partial charge in [0, 0.05) is 26.2 Å². The molecular formula is C40H54N2O8. The first-order chi connectivity index (χ1) is 24.2. The minimum Gasteiger partial charge on any atom is -0.490 e. The van der Waals surface area contributed by atoms with Crippen molar-refractivity contribution in [3.63, 3.8) is 0 Å². The van der Waals surface area contributed by atoms with Crippen LogP contribution >= 0.6 is 0 Å². The summed E-state index contributed by atoms with van der Waals surface area (Å²) in [6.07, 6.45) is 12.9. The summed E-state index contributed by atoms with van der Waals surface area (Å²) in [6.45, 7) is 4.88. The normalized spacial score (nSPS) is 22.6. The van der Waals surface area contributed by atoms with E-state index in [1.807, 2.05) is 62.4 Å². The van der Waals surface area contributed by atoms with Crippen molar-refractivity contribution in [3.8, 4) is 11.5 Å². The predicted octanol–water partition coefficient (Wildman–Crippen LogP) is 6.93. The van der Waals surface area contributed by atoms with Crippen LogP contribution in [-0.4, -0.2) is 69.1 Å². The van der Waals surface area contributed by atoms with E-state index in [4.69, 9.17) is 9.47 Å². The average Bonchev–Trinajstić information content (AvgIpc) is 3.09. The van der Waals surface area contributed by atoms with Crippen LogP contribution in [-0.2, 0) is 32.3 Å². The number of carbonyl (C=O) groups excluding carboxylic acids is 2. The van der Waals surface area contributed by atoms with Gasteiger partial charge in [0.05, 0.1) is 35.9 Å². The lowest BCUT2D eigenvalue weighted by Crippen LogP contribution is -2.64. The first-order valence-electron chi connectivity index (χ1n) is 18.7. The molecule has 272 valence electrons. The van der Waals surface area contributed by atoms with Crippen LogP contribution in [0.2, 0.25) is 0 Å². The molecule has 0 heterocycles. The van der Waals surface area contributed by atoms with Crippen molar-refractivity contribution >= 4 is 23.8 Å². The van der Waals surface area contributed by atoms with Gasteiger partial charge in [0.2, 0.25) is 11.8 Å². The Labute approximate surface area is 296 Å². The highest BCUT2D eigenvalue weighted by molar-refractivity contribution is 5.99. The molecule has 0 bridgehead atoms. The summed E-state index contributed by atoms with van der Waals surface area (Å²) < 4.78 is 12.3. The molecule has 2 amide bonds. The third kappa shape index (κ3) is 9.17. The smallest absolute Gasteiger partial charge is 0.308 e. The first kappa shape index (κ1) is 37.2. The van der Waals surface area contributed by atoms with Crippen molar-refractivity contribution in [1.82, 2.24) is 9.80 Å². The Hall–Kier alpha value is -4.08. The Balaban J connectivity index is 1.28. The Kier molecular flexibility index (Phi) is 13.2. The van der Waals surface area contributed by atoms with Crippen LogP contribution in [0.25, 0.3) is 0 Å². The van der Waals surface area contributed by atoms with E-state index < -0.39 is 47.4 Å². The summed E-state index contributed by atoms with van der Waals surface area (Å²) in [7, 11) is 0. The molecule has 0 radical (unpaired) electrons. The van der Waals surface area contributed by atoms with E-state index >= 15 is 0 Å². The zero-order valence-electron chi connectivity index (χ0n) is 29.6. The summed E-state index contributed by atoms with van der Waals surface area (Å²) >= 11 is 0. The largest absolute Gasteiger partial charge is 0.490 e. The summed E-state index contributed by atoms with van der Waals surface area (Å²) in [5.74, 6) is -7.79. The second-order valence-corrected chi connectivity index (χ2v) is 14.3. The predicted molar refractivity (Wildman–Crippen MR) is 189 cm³/mol. The molecule has 50 heavy (non-hydrogen) atoms. The Morgan fingerprint density at radius 1 is 0.560 bits per heavy atom. The molecular weight excluding hydrogens is 636 g/mol. The van der Waals surface area contributed by atoms with Gasteiger partial charge in [0.15, 0.2) is 0 Å². The SMILES string of the molecule is CCCN(Cc1ccc(OC2CCCCC2)cc1)C(=O)C1C(C(=O)O)C(C(=O)N(CCC)Cc2ccc(OC3CCCCC3)cc2)C1C(=O)O. The molecule has 0 spiro atoms. The fraction of sp³-hybridized carbons (Fsp3) is 0.600. The Morgan fingerprint density at radius 2 is 0.900 bits per heavy atom. The molecule has 3 aliphatic carbocycles. The van der Waals surface area contributed by atoms with Crippen molar-refractivity contribution < 1.29 is 38.9 Å². The molecule has 0 atom stereocenters. The molecule has 3 aliphatic rings. The molecule has 0 unspecified atom stereocenters. The van der Waals surface area contributed by atoms with Gasteiger partial charge in [-0.05, 0) is 99.6 Å². The van der Waals surface area contributed by atoms with Gasteiger partial charge < -0.3 is 29.5 Å². The fourth-order valence-corrected chi connectivity index (χ4v) is 8.01. The van der Waals surface area contributed by atoms with Crippen molar-refractivity contribution in [3.05, 3.63) is 59.7 Å². The van der Waals surface area contributed by atoms with Crippen molar-refractivity contribution in [2.75, 3.05) is 13.1 Å². The van der Waals surface area contributed by atoms with Gasteiger partial charge >= 0.3 is 11.9 Å². The van der Waals surface area contributed by atoms with E-state index in [0.717, 1.165) is 48.3 Å². The molecule has 10 heteroatoms. The lowest BCUT2D eigenvalue weighted by atomic mass is 9.55. The molecule has 5 rings (SSSR count). The minimum absolute atomic E-state index is 0.201. The minimum atomic E-state index is -1.44. The van der Waals surface area contributed by atoms with Crippen LogP contribution in [0.3, 0.4) is 0 Å². The quantitative estimate of drug-likeness (QED) is 0.194. The molecule has 3 saturated carbocycles. The number of carboxylic acids is 2. The highest BCUT2D eigenvalue weighted by Gasteiger charge is 2.64. The fourth-order valence-electron chi connectivity index (χ4n) is 8.01. The van der Waals surface area contributed by atoms with Gasteiger partial charge in [-0.25, -0.2) is 0 Å². The van der Waals surface area contributed by atoms with Crippen molar-refractivity contribution in [2.45, 2.75) is 116 Å². The van der Waals surface area contributed by atoms with Crippen molar-refractivity contribution in [2.24, 2.45) is 23.7 Å². The second-order valence-electron chi connectivity index (χ2n) is 14.3. The summed E-state index contributed by atoms with van der Waals surface area (Å²) in [5.41, 5.74) is 1.66. The van der Waals surface area contributed by atoms with Gasteiger partial charge in [-0.3, -0.25) is 19.2 Å².